The molecular weight excluding hydrogens is 228 g/mol. The van der Waals surface area contributed by atoms with Gasteiger partial charge in [-0.1, -0.05) is 22.8 Å². The van der Waals surface area contributed by atoms with Crippen LogP contribution in [0.2, 0.25) is 0 Å². The lowest BCUT2D eigenvalue weighted by atomic mass is 10.1. The lowest BCUT2D eigenvalue weighted by molar-refractivity contribution is 0.509. The molecule has 2 rings (SSSR count). The first kappa shape index (κ1) is 12.6. The van der Waals surface area contributed by atoms with E-state index in [9.17, 15) is 0 Å². The molecule has 1 aromatic heterocycles. The van der Waals surface area contributed by atoms with Crippen molar-refractivity contribution in [1.29, 1.82) is 0 Å². The van der Waals surface area contributed by atoms with Crippen molar-refractivity contribution in [2.24, 2.45) is 5.73 Å². The molecule has 0 unspecified atom stereocenters. The van der Waals surface area contributed by atoms with Crippen LogP contribution in [-0.2, 0) is 6.42 Å². The Labute approximate surface area is 106 Å². The third-order valence-corrected chi connectivity index (χ3v) is 2.73. The molecule has 96 valence electrons. The Kier molecular flexibility index (Phi) is 3.62. The van der Waals surface area contributed by atoms with E-state index in [1.54, 1.807) is 0 Å². The predicted octanol–water partition coefficient (Wildman–Crippen LogP) is 2.24. The van der Waals surface area contributed by atoms with Crippen LogP contribution in [0, 0.1) is 20.8 Å². The second kappa shape index (κ2) is 5.18. The van der Waals surface area contributed by atoms with Crippen molar-refractivity contribution >= 4 is 11.7 Å². The van der Waals surface area contributed by atoms with Gasteiger partial charge in [-0.25, -0.2) is 0 Å². The second-order valence-corrected chi connectivity index (χ2v) is 4.44. The van der Waals surface area contributed by atoms with Crippen LogP contribution in [0.15, 0.2) is 16.5 Å². The van der Waals surface area contributed by atoms with Gasteiger partial charge in [-0.15, -0.1) is 5.10 Å². The number of aryl methyl sites for hydroxylation is 3. The summed E-state index contributed by atoms with van der Waals surface area (Å²) in [6.07, 6.45) is 0.598. The van der Waals surface area contributed by atoms with Gasteiger partial charge in [0.2, 0.25) is 5.89 Å². The molecule has 5 heteroatoms. The zero-order valence-electron chi connectivity index (χ0n) is 10.9. The number of benzene rings is 1. The summed E-state index contributed by atoms with van der Waals surface area (Å²) in [6.45, 7) is 6.69. The van der Waals surface area contributed by atoms with Gasteiger partial charge in [0, 0.05) is 18.7 Å². The fraction of sp³-hybridized carbons (Fsp3) is 0.385. The van der Waals surface area contributed by atoms with Crippen molar-refractivity contribution < 1.29 is 4.42 Å². The van der Waals surface area contributed by atoms with Gasteiger partial charge in [0.15, 0.2) is 0 Å². The van der Waals surface area contributed by atoms with Crippen molar-refractivity contribution in [3.05, 3.63) is 34.7 Å². The number of anilines is 2. The molecule has 0 aliphatic rings. The number of nitrogens with one attached hydrogen (secondary N) is 1. The van der Waals surface area contributed by atoms with Crippen molar-refractivity contribution in [1.82, 2.24) is 10.2 Å². The molecule has 0 aliphatic carbocycles. The molecule has 1 aromatic carbocycles. The molecule has 0 saturated heterocycles. The zero-order chi connectivity index (χ0) is 13.1. The number of rotatable bonds is 4. The van der Waals surface area contributed by atoms with E-state index in [0.717, 1.165) is 16.8 Å². The van der Waals surface area contributed by atoms with E-state index in [0.29, 0.717) is 24.9 Å². The monoisotopic (exact) mass is 246 g/mol. The van der Waals surface area contributed by atoms with E-state index >= 15 is 0 Å². The number of hydrogen-bond donors (Lipinski definition) is 2. The number of nitrogens with two attached hydrogens (primary N) is 1. The summed E-state index contributed by atoms with van der Waals surface area (Å²) in [5.74, 6) is 0.558. The van der Waals surface area contributed by atoms with E-state index in [1.165, 1.54) is 5.56 Å². The van der Waals surface area contributed by atoms with Gasteiger partial charge in [0.25, 0.3) is 0 Å². The maximum absolute atomic E-state index is 5.45. The first-order chi connectivity index (χ1) is 8.60. The Hall–Kier alpha value is -1.88. The molecule has 2 aromatic rings. The van der Waals surface area contributed by atoms with Gasteiger partial charge in [-0.05, 0) is 31.9 Å². The van der Waals surface area contributed by atoms with E-state index in [1.807, 2.05) is 0 Å². The quantitative estimate of drug-likeness (QED) is 0.865. The van der Waals surface area contributed by atoms with Gasteiger partial charge in [0.05, 0.1) is 0 Å². The maximum Gasteiger partial charge on any atom is 0.320 e. The van der Waals surface area contributed by atoms with Crippen LogP contribution in [-0.4, -0.2) is 16.7 Å². The van der Waals surface area contributed by atoms with Crippen LogP contribution in [0.4, 0.5) is 11.7 Å². The summed E-state index contributed by atoms with van der Waals surface area (Å²) >= 11 is 0. The van der Waals surface area contributed by atoms with Gasteiger partial charge in [-0.2, -0.15) is 0 Å². The largest absolute Gasteiger partial charge is 0.408 e. The fourth-order valence-electron chi connectivity index (χ4n) is 2.01. The number of aromatic nitrogens is 2. The Morgan fingerprint density at radius 3 is 2.44 bits per heavy atom. The molecule has 0 amide bonds. The van der Waals surface area contributed by atoms with E-state index in [2.05, 4.69) is 48.4 Å². The van der Waals surface area contributed by atoms with Gasteiger partial charge < -0.3 is 15.5 Å². The van der Waals surface area contributed by atoms with Crippen molar-refractivity contribution in [2.45, 2.75) is 27.2 Å². The summed E-state index contributed by atoms with van der Waals surface area (Å²) in [6, 6.07) is 4.65. The normalized spacial score (nSPS) is 10.7. The van der Waals surface area contributed by atoms with E-state index in [-0.39, 0.29) is 0 Å². The van der Waals surface area contributed by atoms with Gasteiger partial charge in [-0.3, -0.25) is 0 Å². The molecule has 18 heavy (non-hydrogen) atoms. The standard InChI is InChI=1S/C13H18N4O/c1-8-6-9(2)12(10(3)7-8)15-13-17-16-11(18-13)4-5-14/h6-7H,4-5,14H2,1-3H3,(H,15,17). The average Bonchev–Trinajstić information content (AvgIpc) is 2.72. The highest BCUT2D eigenvalue weighted by Crippen LogP contribution is 2.25. The lowest BCUT2D eigenvalue weighted by Gasteiger charge is -2.10. The molecule has 1 heterocycles. The first-order valence-electron chi connectivity index (χ1n) is 5.97. The molecular formula is C13H18N4O. The fourth-order valence-corrected chi connectivity index (χ4v) is 2.01. The highest BCUT2D eigenvalue weighted by molar-refractivity contribution is 5.62. The van der Waals surface area contributed by atoms with Crippen LogP contribution in [0.1, 0.15) is 22.6 Å². The summed E-state index contributed by atoms with van der Waals surface area (Å²) in [7, 11) is 0. The van der Waals surface area contributed by atoms with Crippen LogP contribution in [0.5, 0.6) is 0 Å². The average molecular weight is 246 g/mol. The topological polar surface area (TPSA) is 77.0 Å². The molecule has 0 saturated carbocycles. The Balaban J connectivity index is 2.22. The Morgan fingerprint density at radius 2 is 1.83 bits per heavy atom. The zero-order valence-corrected chi connectivity index (χ0v) is 10.9. The van der Waals surface area contributed by atoms with Gasteiger partial charge >= 0.3 is 6.01 Å². The Morgan fingerprint density at radius 1 is 1.17 bits per heavy atom. The minimum atomic E-state index is 0.411. The van der Waals surface area contributed by atoms with E-state index in [4.69, 9.17) is 10.2 Å². The highest BCUT2D eigenvalue weighted by atomic mass is 16.4. The molecule has 5 nitrogen and oxygen atoms in total. The molecule has 0 bridgehead atoms. The first-order valence-corrected chi connectivity index (χ1v) is 5.97. The minimum Gasteiger partial charge on any atom is -0.408 e. The summed E-state index contributed by atoms with van der Waals surface area (Å²) in [4.78, 5) is 0. The summed E-state index contributed by atoms with van der Waals surface area (Å²) in [5.41, 5.74) is 10.0. The molecule has 0 radical (unpaired) electrons. The molecule has 0 spiro atoms. The van der Waals surface area contributed by atoms with E-state index < -0.39 is 0 Å². The van der Waals surface area contributed by atoms with Crippen molar-refractivity contribution in [3.8, 4) is 0 Å². The highest BCUT2D eigenvalue weighted by Gasteiger charge is 2.09. The lowest BCUT2D eigenvalue weighted by Crippen LogP contribution is -2.02. The van der Waals surface area contributed by atoms with Crippen LogP contribution in [0.25, 0.3) is 0 Å². The third kappa shape index (κ3) is 2.68. The molecule has 0 atom stereocenters. The van der Waals surface area contributed by atoms with Crippen LogP contribution >= 0.6 is 0 Å². The SMILES string of the molecule is Cc1cc(C)c(Nc2nnc(CCN)o2)c(C)c1. The second-order valence-electron chi connectivity index (χ2n) is 4.44. The van der Waals surface area contributed by atoms with Crippen molar-refractivity contribution in [3.63, 3.8) is 0 Å². The summed E-state index contributed by atoms with van der Waals surface area (Å²) < 4.78 is 5.45. The molecule has 0 aliphatic heterocycles. The predicted molar refractivity (Wildman–Crippen MR) is 71.0 cm³/mol. The minimum absolute atomic E-state index is 0.411. The van der Waals surface area contributed by atoms with Crippen molar-refractivity contribution in [2.75, 3.05) is 11.9 Å². The maximum atomic E-state index is 5.45. The summed E-state index contributed by atoms with van der Waals surface area (Å²) in [5, 5.41) is 11.0. The molecule has 3 N–H and O–H groups in total. The van der Waals surface area contributed by atoms with Gasteiger partial charge in [0.1, 0.15) is 0 Å². The van der Waals surface area contributed by atoms with Crippen LogP contribution in [0.3, 0.4) is 0 Å². The number of hydrogen-bond acceptors (Lipinski definition) is 5. The molecule has 0 fully saturated rings. The number of nitrogens with zero attached hydrogens (tertiary/aromatic N) is 2. The Bertz CT molecular complexity index is 525. The van der Waals surface area contributed by atoms with Crippen LogP contribution < -0.4 is 11.1 Å². The third-order valence-electron chi connectivity index (χ3n) is 2.73. The smallest absolute Gasteiger partial charge is 0.320 e.